The first-order chi connectivity index (χ1) is 17.7. The van der Waals surface area contributed by atoms with E-state index in [9.17, 15) is 32.6 Å². The first-order valence-corrected chi connectivity index (χ1v) is 11.5. The molecule has 0 aliphatic rings. The Balaban J connectivity index is 1.51. The molecule has 0 spiro atoms. The molecule has 0 aromatic heterocycles. The van der Waals surface area contributed by atoms with Crippen molar-refractivity contribution in [2.24, 2.45) is 0 Å². The van der Waals surface area contributed by atoms with Gasteiger partial charge in [0.2, 0.25) is 11.6 Å². The predicted octanol–water partition coefficient (Wildman–Crippen LogP) is 7.34. The number of phenolic OH excluding ortho intramolecular Hbond substituents is 1. The van der Waals surface area contributed by atoms with Crippen LogP contribution in [0.1, 0.15) is 41.8 Å². The van der Waals surface area contributed by atoms with Gasteiger partial charge in [-0.05, 0) is 59.5 Å². The number of hydrogen-bond acceptors (Lipinski definition) is 4. The van der Waals surface area contributed by atoms with Gasteiger partial charge in [0.05, 0.1) is 11.7 Å². The largest absolute Gasteiger partial charge is 0.505 e. The van der Waals surface area contributed by atoms with Crippen molar-refractivity contribution in [2.75, 3.05) is 0 Å². The lowest BCUT2D eigenvalue weighted by atomic mass is 9.99. The fraction of sp³-hybridized carbons (Fsp3) is 0.138. The average molecular weight is 510 g/mol. The standard InChI is InChI=1S/C29H22F4O4/c1-2-3-22(34)18-8-4-16(5-9-18)21-13-15-24(28(33)26(21)31)37-29(36)19-10-6-17(7-11-19)20-12-14-23(35)27(32)25(20)30/h4-15,22,34-35H,2-3H2,1H3. The number of ether oxygens (including phenoxy) is 1. The molecular formula is C29H22F4O4. The highest BCUT2D eigenvalue weighted by Crippen LogP contribution is 2.32. The summed E-state index contributed by atoms with van der Waals surface area (Å²) in [7, 11) is 0. The SMILES string of the molecule is CCCC(O)c1ccc(-c2ccc(OC(=O)c3ccc(-c4ccc(O)c(F)c4F)cc3)c(F)c2F)cc1. The van der Waals surface area contributed by atoms with Gasteiger partial charge in [0.1, 0.15) is 0 Å². The maximum absolute atomic E-state index is 14.8. The summed E-state index contributed by atoms with van der Waals surface area (Å²) in [5.74, 6) is -7.62. The van der Waals surface area contributed by atoms with Gasteiger partial charge in [-0.15, -0.1) is 0 Å². The summed E-state index contributed by atoms with van der Waals surface area (Å²) in [6, 6.07) is 16.2. The summed E-state index contributed by atoms with van der Waals surface area (Å²) in [4.78, 5) is 12.5. The molecular weight excluding hydrogens is 488 g/mol. The highest BCUT2D eigenvalue weighted by Gasteiger charge is 2.20. The zero-order chi connectivity index (χ0) is 26.7. The topological polar surface area (TPSA) is 66.8 Å². The van der Waals surface area contributed by atoms with Gasteiger partial charge in [-0.25, -0.2) is 13.6 Å². The third-order valence-corrected chi connectivity index (χ3v) is 5.91. The molecule has 37 heavy (non-hydrogen) atoms. The monoisotopic (exact) mass is 510 g/mol. The Hall–Kier alpha value is -4.17. The van der Waals surface area contributed by atoms with Gasteiger partial charge >= 0.3 is 5.97 Å². The van der Waals surface area contributed by atoms with Crippen molar-refractivity contribution in [2.45, 2.75) is 25.9 Å². The number of rotatable bonds is 7. The number of carbonyl (C=O) groups excluding carboxylic acids is 1. The summed E-state index contributed by atoms with van der Waals surface area (Å²) >= 11 is 0. The summed E-state index contributed by atoms with van der Waals surface area (Å²) in [6.07, 6.45) is 0.735. The van der Waals surface area contributed by atoms with Crippen LogP contribution in [0.15, 0.2) is 72.8 Å². The third-order valence-electron chi connectivity index (χ3n) is 5.91. The first-order valence-electron chi connectivity index (χ1n) is 11.5. The van der Waals surface area contributed by atoms with E-state index in [2.05, 4.69) is 0 Å². The molecule has 0 saturated heterocycles. The molecule has 0 aliphatic heterocycles. The van der Waals surface area contributed by atoms with Crippen molar-refractivity contribution in [1.29, 1.82) is 0 Å². The second-order valence-electron chi connectivity index (χ2n) is 8.39. The van der Waals surface area contributed by atoms with Gasteiger partial charge < -0.3 is 14.9 Å². The number of aliphatic hydroxyl groups excluding tert-OH is 1. The molecule has 0 aliphatic carbocycles. The van der Waals surface area contributed by atoms with Crippen molar-refractivity contribution in [3.63, 3.8) is 0 Å². The summed E-state index contributed by atoms with van der Waals surface area (Å²) in [6.45, 7) is 1.94. The van der Waals surface area contributed by atoms with Crippen LogP contribution in [0.5, 0.6) is 11.5 Å². The highest BCUT2D eigenvalue weighted by molar-refractivity contribution is 5.91. The number of phenols is 1. The van der Waals surface area contributed by atoms with Crippen LogP contribution in [0.3, 0.4) is 0 Å². The average Bonchev–Trinajstić information content (AvgIpc) is 2.90. The van der Waals surface area contributed by atoms with Crippen LogP contribution in [0.2, 0.25) is 0 Å². The molecule has 1 unspecified atom stereocenters. The molecule has 2 N–H and O–H groups in total. The van der Waals surface area contributed by atoms with E-state index in [1.165, 1.54) is 36.4 Å². The zero-order valence-electron chi connectivity index (χ0n) is 19.6. The van der Waals surface area contributed by atoms with Crippen molar-refractivity contribution < 1.29 is 37.3 Å². The second kappa shape index (κ2) is 10.8. The van der Waals surface area contributed by atoms with Gasteiger partial charge in [-0.1, -0.05) is 49.7 Å². The third kappa shape index (κ3) is 5.34. The predicted molar refractivity (Wildman–Crippen MR) is 130 cm³/mol. The van der Waals surface area contributed by atoms with Gasteiger partial charge in [-0.2, -0.15) is 8.78 Å². The van der Waals surface area contributed by atoms with E-state index in [0.717, 1.165) is 18.6 Å². The molecule has 8 heteroatoms. The Bertz CT molecular complexity index is 1430. The normalized spacial score (nSPS) is 11.8. The molecule has 1 atom stereocenters. The van der Waals surface area contributed by atoms with E-state index < -0.39 is 46.8 Å². The molecule has 190 valence electrons. The fourth-order valence-electron chi connectivity index (χ4n) is 3.87. The van der Waals surface area contributed by atoms with Gasteiger partial charge in [-0.3, -0.25) is 0 Å². The van der Waals surface area contributed by atoms with Crippen molar-refractivity contribution in [3.05, 3.63) is 107 Å². The second-order valence-corrected chi connectivity index (χ2v) is 8.39. The molecule has 4 rings (SSSR count). The molecule has 0 fully saturated rings. The van der Waals surface area contributed by atoms with Crippen LogP contribution < -0.4 is 4.74 Å². The smallest absolute Gasteiger partial charge is 0.343 e. The Morgan fingerprint density at radius 3 is 1.89 bits per heavy atom. The molecule has 4 aromatic carbocycles. The van der Waals surface area contributed by atoms with Crippen molar-refractivity contribution in [3.8, 4) is 33.8 Å². The number of esters is 1. The molecule has 0 radical (unpaired) electrons. The Kier molecular flexibility index (Phi) is 7.59. The number of benzene rings is 4. The number of hydrogen-bond donors (Lipinski definition) is 2. The summed E-state index contributed by atoms with van der Waals surface area (Å²) in [5.41, 5.74) is 1.07. The maximum Gasteiger partial charge on any atom is 0.343 e. The van der Waals surface area contributed by atoms with Gasteiger partial charge in [0.25, 0.3) is 0 Å². The van der Waals surface area contributed by atoms with E-state index in [1.54, 1.807) is 24.3 Å². The summed E-state index contributed by atoms with van der Waals surface area (Å²) < 4.78 is 62.3. The van der Waals surface area contributed by atoms with Crippen LogP contribution in [0, 0.1) is 23.3 Å². The zero-order valence-corrected chi connectivity index (χ0v) is 19.6. The first kappa shape index (κ1) is 25.9. The van der Waals surface area contributed by atoms with E-state index in [1.807, 2.05) is 6.92 Å². The molecule has 0 bridgehead atoms. The minimum absolute atomic E-state index is 0.0338. The van der Waals surface area contributed by atoms with E-state index in [-0.39, 0.29) is 22.3 Å². The van der Waals surface area contributed by atoms with E-state index in [4.69, 9.17) is 4.74 Å². The van der Waals surface area contributed by atoms with Gasteiger partial charge in [0.15, 0.2) is 23.1 Å². The summed E-state index contributed by atoms with van der Waals surface area (Å²) in [5, 5.41) is 19.3. The molecule has 0 heterocycles. The Morgan fingerprint density at radius 1 is 0.757 bits per heavy atom. The number of carbonyl (C=O) groups is 1. The fourth-order valence-corrected chi connectivity index (χ4v) is 3.87. The van der Waals surface area contributed by atoms with Gasteiger partial charge in [0, 0.05) is 11.1 Å². The van der Waals surface area contributed by atoms with Crippen LogP contribution in [0.4, 0.5) is 17.6 Å². The van der Waals surface area contributed by atoms with Crippen LogP contribution in [-0.2, 0) is 0 Å². The van der Waals surface area contributed by atoms with Crippen molar-refractivity contribution in [1.82, 2.24) is 0 Å². The van der Waals surface area contributed by atoms with Crippen LogP contribution in [0.25, 0.3) is 22.3 Å². The highest BCUT2D eigenvalue weighted by atomic mass is 19.2. The number of halogens is 4. The maximum atomic E-state index is 14.8. The lowest BCUT2D eigenvalue weighted by Gasteiger charge is -2.12. The molecule has 0 amide bonds. The lowest BCUT2D eigenvalue weighted by molar-refractivity contribution is 0.0726. The Morgan fingerprint density at radius 2 is 1.30 bits per heavy atom. The number of aromatic hydroxyl groups is 1. The van der Waals surface area contributed by atoms with Crippen LogP contribution >= 0.6 is 0 Å². The van der Waals surface area contributed by atoms with E-state index in [0.29, 0.717) is 17.5 Å². The lowest BCUT2D eigenvalue weighted by Crippen LogP contribution is -2.10. The minimum atomic E-state index is -1.40. The molecule has 4 aromatic rings. The molecule has 0 saturated carbocycles. The quantitative estimate of drug-likeness (QED) is 0.155. The van der Waals surface area contributed by atoms with Crippen molar-refractivity contribution >= 4 is 5.97 Å². The molecule has 4 nitrogen and oxygen atoms in total. The number of aliphatic hydroxyl groups is 1. The minimum Gasteiger partial charge on any atom is -0.505 e. The van der Waals surface area contributed by atoms with E-state index >= 15 is 0 Å². The van der Waals surface area contributed by atoms with Crippen LogP contribution in [-0.4, -0.2) is 16.2 Å². The Labute approximate surface area is 210 Å².